The normalized spacial score (nSPS) is 24.5. The van der Waals surface area contributed by atoms with Crippen molar-refractivity contribution in [2.75, 3.05) is 0 Å². The molecule has 0 atom stereocenters. The van der Waals surface area contributed by atoms with Crippen molar-refractivity contribution < 1.29 is 14.3 Å². The molecular weight excluding hydrogens is 156 g/mol. The smallest absolute Gasteiger partial charge is 0.342 e. The Labute approximate surface area is 70.4 Å². The largest absolute Gasteiger partial charge is 0.386 e. The van der Waals surface area contributed by atoms with Crippen LogP contribution < -0.4 is 0 Å². The SMILES string of the molecule is O=C1C=C(C2CCCC2)C(=O)O1. The van der Waals surface area contributed by atoms with Gasteiger partial charge in [-0.1, -0.05) is 12.8 Å². The Morgan fingerprint density at radius 3 is 2.42 bits per heavy atom. The third-order valence-electron chi connectivity index (χ3n) is 2.50. The quantitative estimate of drug-likeness (QED) is 0.434. The van der Waals surface area contributed by atoms with E-state index in [1.54, 1.807) is 0 Å². The molecule has 0 aromatic heterocycles. The van der Waals surface area contributed by atoms with Crippen molar-refractivity contribution in [2.24, 2.45) is 5.92 Å². The lowest BCUT2D eigenvalue weighted by Gasteiger charge is -2.05. The van der Waals surface area contributed by atoms with Crippen LogP contribution >= 0.6 is 0 Å². The summed E-state index contributed by atoms with van der Waals surface area (Å²) in [7, 11) is 0. The first kappa shape index (κ1) is 7.53. The number of carbonyl (C=O) groups is 2. The van der Waals surface area contributed by atoms with Gasteiger partial charge in [0, 0.05) is 11.6 Å². The molecule has 2 aliphatic rings. The Balaban J connectivity index is 2.16. The van der Waals surface area contributed by atoms with E-state index in [1.807, 2.05) is 0 Å². The van der Waals surface area contributed by atoms with Crippen LogP contribution in [0.5, 0.6) is 0 Å². The van der Waals surface area contributed by atoms with E-state index in [-0.39, 0.29) is 5.92 Å². The zero-order valence-electron chi connectivity index (χ0n) is 6.71. The van der Waals surface area contributed by atoms with E-state index in [2.05, 4.69) is 4.74 Å². The van der Waals surface area contributed by atoms with Crippen LogP contribution in [0.25, 0.3) is 0 Å². The van der Waals surface area contributed by atoms with Crippen molar-refractivity contribution in [1.29, 1.82) is 0 Å². The van der Waals surface area contributed by atoms with E-state index in [1.165, 1.54) is 6.08 Å². The first-order chi connectivity index (χ1) is 5.77. The first-order valence-electron chi connectivity index (χ1n) is 4.25. The summed E-state index contributed by atoms with van der Waals surface area (Å²) < 4.78 is 4.42. The van der Waals surface area contributed by atoms with E-state index >= 15 is 0 Å². The van der Waals surface area contributed by atoms with Gasteiger partial charge in [0.2, 0.25) is 0 Å². The van der Waals surface area contributed by atoms with Gasteiger partial charge in [0.15, 0.2) is 0 Å². The lowest BCUT2D eigenvalue weighted by Crippen LogP contribution is -2.08. The number of carbonyl (C=O) groups excluding carboxylic acids is 2. The Hall–Kier alpha value is -1.12. The van der Waals surface area contributed by atoms with Crippen LogP contribution in [-0.4, -0.2) is 11.9 Å². The number of rotatable bonds is 1. The molecule has 0 aromatic carbocycles. The van der Waals surface area contributed by atoms with Gasteiger partial charge in [0.1, 0.15) is 0 Å². The Kier molecular flexibility index (Phi) is 1.71. The molecule has 2 rings (SSSR count). The van der Waals surface area contributed by atoms with Crippen molar-refractivity contribution in [3.63, 3.8) is 0 Å². The molecule has 0 N–H and O–H groups in total. The van der Waals surface area contributed by atoms with Gasteiger partial charge in [-0.15, -0.1) is 0 Å². The Morgan fingerprint density at radius 2 is 1.92 bits per heavy atom. The average Bonchev–Trinajstić information content (AvgIpc) is 2.58. The molecule has 12 heavy (non-hydrogen) atoms. The summed E-state index contributed by atoms with van der Waals surface area (Å²) in [5.74, 6) is -0.641. The molecule has 1 fully saturated rings. The molecule has 0 radical (unpaired) electrons. The van der Waals surface area contributed by atoms with Crippen LogP contribution in [0, 0.1) is 5.92 Å². The van der Waals surface area contributed by atoms with Crippen LogP contribution in [0.2, 0.25) is 0 Å². The fourth-order valence-electron chi connectivity index (χ4n) is 1.89. The maximum atomic E-state index is 11.1. The van der Waals surface area contributed by atoms with Crippen molar-refractivity contribution in [3.05, 3.63) is 11.6 Å². The zero-order chi connectivity index (χ0) is 8.55. The molecular formula is C9H10O3. The predicted molar refractivity (Wildman–Crippen MR) is 41.1 cm³/mol. The first-order valence-corrected chi connectivity index (χ1v) is 4.25. The van der Waals surface area contributed by atoms with Gasteiger partial charge in [0.05, 0.1) is 0 Å². The van der Waals surface area contributed by atoms with Gasteiger partial charge in [-0.2, -0.15) is 0 Å². The molecule has 1 aliphatic carbocycles. The van der Waals surface area contributed by atoms with E-state index in [0.717, 1.165) is 25.7 Å². The van der Waals surface area contributed by atoms with E-state index in [0.29, 0.717) is 5.57 Å². The number of cyclic esters (lactones) is 2. The molecule has 0 aromatic rings. The molecule has 1 aliphatic heterocycles. The van der Waals surface area contributed by atoms with Crippen molar-refractivity contribution in [3.8, 4) is 0 Å². The van der Waals surface area contributed by atoms with Crippen molar-refractivity contribution >= 4 is 11.9 Å². The molecule has 3 heteroatoms. The summed E-state index contributed by atoms with van der Waals surface area (Å²) in [6, 6.07) is 0. The minimum absolute atomic E-state index is 0.281. The topological polar surface area (TPSA) is 43.4 Å². The van der Waals surface area contributed by atoms with E-state index < -0.39 is 11.9 Å². The maximum absolute atomic E-state index is 11.1. The van der Waals surface area contributed by atoms with Gasteiger partial charge in [0.25, 0.3) is 0 Å². The standard InChI is InChI=1S/C9H10O3/c10-8-5-7(9(11)12-8)6-3-1-2-4-6/h5-6H,1-4H2. The fraction of sp³-hybridized carbons (Fsp3) is 0.556. The Morgan fingerprint density at radius 1 is 1.25 bits per heavy atom. The van der Waals surface area contributed by atoms with Gasteiger partial charge >= 0.3 is 11.9 Å². The molecule has 0 unspecified atom stereocenters. The molecule has 0 saturated heterocycles. The average molecular weight is 166 g/mol. The molecule has 1 heterocycles. The minimum atomic E-state index is -0.498. The summed E-state index contributed by atoms with van der Waals surface area (Å²) in [6.07, 6.45) is 5.70. The third kappa shape index (κ3) is 1.15. The summed E-state index contributed by atoms with van der Waals surface area (Å²) in [6.45, 7) is 0. The van der Waals surface area contributed by atoms with Crippen LogP contribution in [0.1, 0.15) is 25.7 Å². The van der Waals surface area contributed by atoms with Crippen LogP contribution in [0.15, 0.2) is 11.6 Å². The molecule has 0 spiro atoms. The van der Waals surface area contributed by atoms with Gasteiger partial charge in [-0.25, -0.2) is 9.59 Å². The highest BCUT2D eigenvalue weighted by atomic mass is 16.6. The van der Waals surface area contributed by atoms with E-state index in [4.69, 9.17) is 0 Å². The van der Waals surface area contributed by atoms with Gasteiger partial charge < -0.3 is 4.74 Å². The lowest BCUT2D eigenvalue weighted by molar-refractivity contribution is -0.150. The molecule has 0 amide bonds. The summed E-state index contributed by atoms with van der Waals surface area (Å²) in [4.78, 5) is 21.8. The third-order valence-corrected chi connectivity index (χ3v) is 2.50. The zero-order valence-corrected chi connectivity index (χ0v) is 6.71. The number of hydrogen-bond donors (Lipinski definition) is 0. The molecule has 1 saturated carbocycles. The predicted octanol–water partition coefficient (Wildman–Crippen LogP) is 1.19. The summed E-state index contributed by atoms with van der Waals surface area (Å²) >= 11 is 0. The summed E-state index contributed by atoms with van der Waals surface area (Å²) in [5.41, 5.74) is 0.595. The maximum Gasteiger partial charge on any atom is 0.342 e. The highest BCUT2D eigenvalue weighted by Crippen LogP contribution is 2.33. The highest BCUT2D eigenvalue weighted by Gasteiger charge is 2.31. The minimum Gasteiger partial charge on any atom is -0.386 e. The van der Waals surface area contributed by atoms with Crippen LogP contribution in [0.3, 0.4) is 0 Å². The lowest BCUT2D eigenvalue weighted by atomic mass is 9.98. The van der Waals surface area contributed by atoms with Crippen molar-refractivity contribution in [2.45, 2.75) is 25.7 Å². The van der Waals surface area contributed by atoms with Crippen molar-refractivity contribution in [1.82, 2.24) is 0 Å². The second kappa shape index (κ2) is 2.73. The number of ether oxygens (including phenoxy) is 1. The number of esters is 2. The fourth-order valence-corrected chi connectivity index (χ4v) is 1.89. The highest BCUT2D eigenvalue weighted by molar-refractivity contribution is 6.09. The Bertz CT molecular complexity index is 259. The molecule has 3 nitrogen and oxygen atoms in total. The monoisotopic (exact) mass is 166 g/mol. The number of hydrogen-bond acceptors (Lipinski definition) is 3. The van der Waals surface area contributed by atoms with Gasteiger partial charge in [-0.3, -0.25) is 0 Å². The second-order valence-corrected chi connectivity index (χ2v) is 3.29. The van der Waals surface area contributed by atoms with Crippen LogP contribution in [-0.2, 0) is 14.3 Å². The van der Waals surface area contributed by atoms with Gasteiger partial charge in [-0.05, 0) is 18.8 Å². The molecule has 64 valence electrons. The summed E-state index contributed by atoms with van der Waals surface area (Å²) in [5, 5.41) is 0. The molecule has 0 bridgehead atoms. The van der Waals surface area contributed by atoms with E-state index in [9.17, 15) is 9.59 Å². The second-order valence-electron chi connectivity index (χ2n) is 3.29. The van der Waals surface area contributed by atoms with Crippen LogP contribution in [0.4, 0.5) is 0 Å².